The Bertz CT molecular complexity index is 1020. The molecule has 0 fully saturated rings. The minimum absolute atomic E-state index is 0.785. The number of aryl methyl sites for hydroxylation is 2. The quantitative estimate of drug-likeness (QED) is 0.532. The van der Waals surface area contributed by atoms with Crippen molar-refractivity contribution >= 4 is 16.5 Å². The molecule has 5 rings (SSSR count). The molecule has 2 aliphatic rings. The van der Waals surface area contributed by atoms with Crippen LogP contribution in [-0.4, -0.2) is 11.6 Å². The van der Waals surface area contributed by atoms with Gasteiger partial charge in [0, 0.05) is 35.6 Å². The van der Waals surface area contributed by atoms with Crippen LogP contribution in [0.2, 0.25) is 0 Å². The maximum Gasteiger partial charge on any atom is 0.120 e. The first-order chi connectivity index (χ1) is 13.2. The number of rotatable bonds is 0. The predicted octanol–water partition coefficient (Wildman–Crippen LogP) is 5.48. The van der Waals surface area contributed by atoms with E-state index in [0.29, 0.717) is 0 Å². The molecular weight excluding hydrogens is 332 g/mol. The molecule has 0 saturated carbocycles. The fraction of sp³-hybridized carbons (Fsp3) is 0.375. The van der Waals surface area contributed by atoms with Gasteiger partial charge in [0.25, 0.3) is 0 Å². The van der Waals surface area contributed by atoms with Crippen LogP contribution in [0.25, 0.3) is 10.8 Å². The van der Waals surface area contributed by atoms with Crippen molar-refractivity contribution in [3.05, 3.63) is 64.5 Å². The zero-order valence-corrected chi connectivity index (χ0v) is 16.2. The van der Waals surface area contributed by atoms with Crippen molar-refractivity contribution in [1.82, 2.24) is 4.98 Å². The molecule has 3 nitrogen and oxygen atoms in total. The van der Waals surface area contributed by atoms with E-state index in [1.807, 2.05) is 0 Å². The number of ether oxygens (including phenoxy) is 1. The monoisotopic (exact) mass is 358 g/mol. The Morgan fingerprint density at radius 2 is 1.85 bits per heavy atom. The Hall–Kier alpha value is -2.55. The van der Waals surface area contributed by atoms with Gasteiger partial charge in [0.05, 0.1) is 6.61 Å². The summed E-state index contributed by atoms with van der Waals surface area (Å²) in [4.78, 5) is 7.49. The molecule has 0 amide bonds. The highest BCUT2D eigenvalue weighted by atomic mass is 16.5. The van der Waals surface area contributed by atoms with E-state index in [0.717, 1.165) is 38.3 Å². The fourth-order valence-corrected chi connectivity index (χ4v) is 4.61. The van der Waals surface area contributed by atoms with Crippen molar-refractivity contribution in [3.63, 3.8) is 0 Å². The van der Waals surface area contributed by atoms with Gasteiger partial charge in [-0.05, 0) is 79.8 Å². The second-order valence-electron chi connectivity index (χ2n) is 7.90. The van der Waals surface area contributed by atoms with Crippen molar-refractivity contribution in [3.8, 4) is 5.75 Å². The molecule has 0 N–H and O–H groups in total. The van der Waals surface area contributed by atoms with Crippen molar-refractivity contribution in [2.75, 3.05) is 11.5 Å². The van der Waals surface area contributed by atoms with Crippen LogP contribution < -0.4 is 9.64 Å². The Kier molecular flexibility index (Phi) is 4.04. The van der Waals surface area contributed by atoms with Gasteiger partial charge in [-0.2, -0.15) is 0 Å². The summed E-state index contributed by atoms with van der Waals surface area (Å²) in [5, 5.41) is 2.55. The Morgan fingerprint density at radius 3 is 2.78 bits per heavy atom. The number of hydrogen-bond acceptors (Lipinski definition) is 3. The van der Waals surface area contributed by atoms with Crippen LogP contribution in [0, 0.1) is 13.8 Å². The van der Waals surface area contributed by atoms with Gasteiger partial charge >= 0.3 is 0 Å². The lowest BCUT2D eigenvalue weighted by Crippen LogP contribution is -2.15. The molecule has 5 bridgehead atoms. The molecule has 3 heterocycles. The Morgan fingerprint density at radius 1 is 0.963 bits per heavy atom. The lowest BCUT2D eigenvalue weighted by Gasteiger charge is -2.20. The summed E-state index contributed by atoms with van der Waals surface area (Å²) < 4.78 is 6.05. The molecule has 2 aromatic carbocycles. The highest BCUT2D eigenvalue weighted by Gasteiger charge is 2.26. The minimum Gasteiger partial charge on any atom is -0.494 e. The van der Waals surface area contributed by atoms with Crippen LogP contribution >= 0.6 is 0 Å². The molecular formula is C24H26N2O. The highest BCUT2D eigenvalue weighted by Crippen LogP contribution is 2.37. The smallest absolute Gasteiger partial charge is 0.120 e. The molecule has 138 valence electrons. The Balaban J connectivity index is 1.66. The van der Waals surface area contributed by atoms with Gasteiger partial charge in [-0.1, -0.05) is 18.2 Å². The van der Waals surface area contributed by atoms with Crippen LogP contribution in [0.15, 0.2) is 36.4 Å². The van der Waals surface area contributed by atoms with E-state index in [4.69, 9.17) is 9.72 Å². The Labute approximate surface area is 161 Å². The van der Waals surface area contributed by atoms with E-state index in [1.54, 1.807) is 0 Å². The number of benzene rings is 2. The van der Waals surface area contributed by atoms with Crippen molar-refractivity contribution < 1.29 is 4.74 Å². The normalized spacial score (nSPS) is 16.4. The summed E-state index contributed by atoms with van der Waals surface area (Å²) in [6.07, 6.45) is 4.53. The average molecular weight is 358 g/mol. The van der Waals surface area contributed by atoms with E-state index in [1.165, 1.54) is 57.4 Å². The first kappa shape index (κ1) is 16.6. The number of nitrogens with zero attached hydrogens (tertiary/aromatic N) is 2. The van der Waals surface area contributed by atoms with Gasteiger partial charge in [0.1, 0.15) is 5.75 Å². The minimum atomic E-state index is 0.785. The van der Waals surface area contributed by atoms with Gasteiger partial charge < -0.3 is 9.64 Å². The van der Waals surface area contributed by atoms with Gasteiger partial charge in [-0.3, -0.25) is 4.98 Å². The number of anilines is 1. The van der Waals surface area contributed by atoms with Gasteiger partial charge in [-0.15, -0.1) is 0 Å². The second kappa shape index (κ2) is 6.56. The van der Waals surface area contributed by atoms with Crippen LogP contribution in [-0.2, 0) is 19.5 Å². The fourth-order valence-electron chi connectivity index (χ4n) is 4.61. The molecule has 0 aliphatic carbocycles. The lowest BCUT2D eigenvalue weighted by atomic mass is 9.99. The van der Waals surface area contributed by atoms with Crippen LogP contribution in [0.1, 0.15) is 47.3 Å². The SMILES string of the molecule is Cc1nc2c(C)c3c1CN(C3)c1cccc3ccc(cc13)OCCCCC2. The van der Waals surface area contributed by atoms with Gasteiger partial charge in [0.2, 0.25) is 0 Å². The van der Waals surface area contributed by atoms with Crippen molar-refractivity contribution in [1.29, 1.82) is 0 Å². The number of hydrogen-bond donors (Lipinski definition) is 0. The molecule has 27 heavy (non-hydrogen) atoms. The topological polar surface area (TPSA) is 25.4 Å². The predicted molar refractivity (Wildman–Crippen MR) is 111 cm³/mol. The molecule has 0 spiro atoms. The van der Waals surface area contributed by atoms with Crippen LogP contribution in [0.3, 0.4) is 0 Å². The van der Waals surface area contributed by atoms with E-state index >= 15 is 0 Å². The van der Waals surface area contributed by atoms with Gasteiger partial charge in [-0.25, -0.2) is 0 Å². The van der Waals surface area contributed by atoms with E-state index < -0.39 is 0 Å². The molecule has 0 atom stereocenters. The third-order valence-corrected chi connectivity index (χ3v) is 6.19. The summed E-state index contributed by atoms with van der Waals surface area (Å²) in [6.45, 7) is 7.16. The maximum atomic E-state index is 6.05. The number of aromatic nitrogens is 1. The molecule has 3 aromatic rings. The number of pyridine rings is 1. The van der Waals surface area contributed by atoms with E-state index in [9.17, 15) is 0 Å². The molecule has 0 radical (unpaired) electrons. The molecule has 2 aliphatic heterocycles. The van der Waals surface area contributed by atoms with Gasteiger partial charge in [0.15, 0.2) is 0 Å². The molecule has 1 aromatic heterocycles. The summed E-state index contributed by atoms with van der Waals surface area (Å²) in [5.41, 5.74) is 8.13. The third kappa shape index (κ3) is 2.86. The molecule has 0 saturated heterocycles. The zero-order chi connectivity index (χ0) is 18.4. The second-order valence-corrected chi connectivity index (χ2v) is 7.90. The van der Waals surface area contributed by atoms with Crippen LogP contribution in [0.5, 0.6) is 5.75 Å². The van der Waals surface area contributed by atoms with Crippen molar-refractivity contribution in [2.45, 2.75) is 52.6 Å². The van der Waals surface area contributed by atoms with E-state index in [2.05, 4.69) is 55.1 Å². The summed E-state index contributed by atoms with van der Waals surface area (Å²) in [6, 6.07) is 13.1. The largest absolute Gasteiger partial charge is 0.494 e. The maximum absolute atomic E-state index is 6.05. The lowest BCUT2D eigenvalue weighted by molar-refractivity contribution is 0.305. The highest BCUT2D eigenvalue weighted by molar-refractivity contribution is 5.95. The zero-order valence-electron chi connectivity index (χ0n) is 16.2. The first-order valence-electron chi connectivity index (χ1n) is 10.1. The summed E-state index contributed by atoms with van der Waals surface area (Å²) in [7, 11) is 0. The van der Waals surface area contributed by atoms with Crippen molar-refractivity contribution in [2.24, 2.45) is 0 Å². The van der Waals surface area contributed by atoms with Crippen LogP contribution in [0.4, 0.5) is 5.69 Å². The molecule has 0 unspecified atom stereocenters. The van der Waals surface area contributed by atoms with E-state index in [-0.39, 0.29) is 0 Å². The third-order valence-electron chi connectivity index (χ3n) is 6.19. The molecule has 3 heteroatoms. The first-order valence-corrected chi connectivity index (χ1v) is 10.1. The standard InChI is InChI=1S/C24H26N2O/c1-16-21-14-26-15-22(21)17(2)25-23(16)8-4-3-5-12-27-19-11-10-18-7-6-9-24(26)20(18)13-19/h6-7,9-11,13H,3-5,8,12,14-15H2,1-2H3. The average Bonchev–Trinajstić information content (AvgIpc) is 3.13. The summed E-state index contributed by atoms with van der Waals surface area (Å²) >= 11 is 0. The number of fused-ring (bicyclic) bond motifs is 4. The summed E-state index contributed by atoms with van der Waals surface area (Å²) in [5.74, 6) is 0.984.